The number of methoxy groups -OCH3 is 1. The fraction of sp³-hybridized carbons (Fsp3) is 0.250. The van der Waals surface area contributed by atoms with E-state index in [-0.39, 0.29) is 11.5 Å². The Bertz CT molecular complexity index is 1110. The Morgan fingerprint density at radius 2 is 2.14 bits per heavy atom. The van der Waals surface area contributed by atoms with E-state index in [1.54, 1.807) is 35.0 Å². The summed E-state index contributed by atoms with van der Waals surface area (Å²) in [5, 5.41) is 2.98. The number of anilines is 1. The quantitative estimate of drug-likeness (QED) is 0.645. The third kappa shape index (κ3) is 3.66. The van der Waals surface area contributed by atoms with Crippen LogP contribution in [0.1, 0.15) is 35.1 Å². The zero-order valence-electron chi connectivity index (χ0n) is 15.8. The first-order valence-corrected chi connectivity index (χ1v) is 9.19. The highest BCUT2D eigenvalue weighted by Crippen LogP contribution is 2.26. The summed E-state index contributed by atoms with van der Waals surface area (Å²) < 4.78 is 6.87. The molecule has 3 aromatic rings. The zero-order chi connectivity index (χ0) is 20.4. The normalized spacial score (nSPS) is 15.4. The highest BCUT2D eigenvalue weighted by Gasteiger charge is 2.26. The summed E-state index contributed by atoms with van der Waals surface area (Å²) >= 11 is 0. The van der Waals surface area contributed by atoms with E-state index in [9.17, 15) is 9.59 Å². The lowest BCUT2D eigenvalue weighted by Gasteiger charge is -2.27. The molecule has 9 heteroatoms. The van der Waals surface area contributed by atoms with Gasteiger partial charge in [0.25, 0.3) is 11.5 Å². The molecule has 0 fully saturated rings. The van der Waals surface area contributed by atoms with Crippen LogP contribution in [0.15, 0.2) is 47.7 Å². The minimum absolute atomic E-state index is 0.173. The molecular weight excluding hydrogens is 372 g/mol. The van der Waals surface area contributed by atoms with Gasteiger partial charge in [0.05, 0.1) is 30.1 Å². The van der Waals surface area contributed by atoms with Crippen LogP contribution in [-0.2, 0) is 6.54 Å². The molecule has 0 saturated carbocycles. The topological polar surface area (TPSA) is 125 Å². The molecule has 3 N–H and O–H groups in total. The first-order valence-electron chi connectivity index (χ1n) is 9.19. The van der Waals surface area contributed by atoms with Gasteiger partial charge in [-0.05, 0) is 31.0 Å². The number of amides is 1. The third-order valence-electron chi connectivity index (χ3n) is 4.84. The number of hydrogen-bond donors (Lipinski definition) is 2. The fourth-order valence-corrected chi connectivity index (χ4v) is 3.44. The van der Waals surface area contributed by atoms with Gasteiger partial charge in [0.15, 0.2) is 0 Å². The molecule has 1 aromatic carbocycles. The van der Waals surface area contributed by atoms with E-state index >= 15 is 0 Å². The SMILES string of the molecule is COc1cc(N)ccc1C(=O)NC1CCCn2c1nc(-c1ccncn1)cc2=O. The monoisotopic (exact) mass is 392 g/mol. The van der Waals surface area contributed by atoms with Crippen molar-refractivity contribution in [3.8, 4) is 17.1 Å². The molecule has 1 aliphatic rings. The summed E-state index contributed by atoms with van der Waals surface area (Å²) in [6.45, 7) is 0.558. The third-order valence-corrected chi connectivity index (χ3v) is 4.84. The molecule has 1 atom stereocenters. The molecular formula is C20H20N6O3. The summed E-state index contributed by atoms with van der Waals surface area (Å²) in [6, 6.07) is 7.59. The largest absolute Gasteiger partial charge is 0.496 e. The van der Waals surface area contributed by atoms with Crippen LogP contribution in [0.3, 0.4) is 0 Å². The van der Waals surface area contributed by atoms with Gasteiger partial charge in [0.1, 0.15) is 17.9 Å². The van der Waals surface area contributed by atoms with Crippen LogP contribution in [0.2, 0.25) is 0 Å². The molecule has 1 aliphatic heterocycles. The lowest BCUT2D eigenvalue weighted by atomic mass is 10.0. The first kappa shape index (κ1) is 18.6. The number of rotatable bonds is 4. The van der Waals surface area contributed by atoms with Crippen LogP contribution in [0.5, 0.6) is 5.75 Å². The van der Waals surface area contributed by atoms with Gasteiger partial charge in [0, 0.05) is 30.6 Å². The Kier molecular flexibility index (Phi) is 4.94. The molecule has 148 valence electrons. The van der Waals surface area contributed by atoms with Crippen molar-refractivity contribution in [3.63, 3.8) is 0 Å². The number of hydrogen-bond acceptors (Lipinski definition) is 7. The summed E-state index contributed by atoms with van der Waals surface area (Å²) in [7, 11) is 1.48. The predicted octanol–water partition coefficient (Wildman–Crippen LogP) is 1.56. The van der Waals surface area contributed by atoms with Gasteiger partial charge in [-0.15, -0.1) is 0 Å². The summed E-state index contributed by atoms with van der Waals surface area (Å²) in [6.07, 6.45) is 4.42. The lowest BCUT2D eigenvalue weighted by Crippen LogP contribution is -2.38. The second-order valence-corrected chi connectivity index (χ2v) is 6.71. The molecule has 0 spiro atoms. The second kappa shape index (κ2) is 7.70. The van der Waals surface area contributed by atoms with E-state index in [4.69, 9.17) is 10.5 Å². The van der Waals surface area contributed by atoms with Gasteiger partial charge in [-0.25, -0.2) is 15.0 Å². The van der Waals surface area contributed by atoms with Crippen molar-refractivity contribution in [1.82, 2.24) is 24.8 Å². The number of ether oxygens (including phenoxy) is 1. The van der Waals surface area contributed by atoms with Gasteiger partial charge in [-0.3, -0.25) is 14.2 Å². The maximum Gasteiger partial charge on any atom is 0.255 e. The highest BCUT2D eigenvalue weighted by molar-refractivity contribution is 5.97. The molecule has 0 saturated heterocycles. The molecule has 4 rings (SSSR count). The van der Waals surface area contributed by atoms with E-state index in [0.29, 0.717) is 47.2 Å². The van der Waals surface area contributed by atoms with Crippen LogP contribution < -0.4 is 21.3 Å². The van der Waals surface area contributed by atoms with Crippen LogP contribution in [0, 0.1) is 0 Å². The molecule has 0 bridgehead atoms. The average Bonchev–Trinajstić information content (AvgIpc) is 2.74. The molecule has 1 amide bonds. The maximum atomic E-state index is 12.9. The number of fused-ring (bicyclic) bond motifs is 1. The number of carbonyl (C=O) groups excluding carboxylic acids is 1. The molecule has 3 heterocycles. The van der Waals surface area contributed by atoms with E-state index in [1.165, 1.54) is 19.5 Å². The maximum absolute atomic E-state index is 12.9. The van der Waals surface area contributed by atoms with E-state index < -0.39 is 6.04 Å². The minimum Gasteiger partial charge on any atom is -0.496 e. The van der Waals surface area contributed by atoms with Crippen LogP contribution >= 0.6 is 0 Å². The minimum atomic E-state index is -0.409. The Balaban J connectivity index is 1.69. The van der Waals surface area contributed by atoms with Crippen LogP contribution in [0.25, 0.3) is 11.4 Å². The number of aromatic nitrogens is 4. The lowest BCUT2D eigenvalue weighted by molar-refractivity contribution is 0.0924. The van der Waals surface area contributed by atoms with Gasteiger partial charge in [0.2, 0.25) is 0 Å². The Morgan fingerprint density at radius 1 is 1.28 bits per heavy atom. The molecule has 29 heavy (non-hydrogen) atoms. The molecule has 9 nitrogen and oxygen atoms in total. The van der Waals surface area contributed by atoms with Gasteiger partial charge >= 0.3 is 0 Å². The summed E-state index contributed by atoms with van der Waals surface area (Å²) in [4.78, 5) is 38.2. The Morgan fingerprint density at radius 3 is 2.90 bits per heavy atom. The molecule has 1 unspecified atom stereocenters. The van der Waals surface area contributed by atoms with Gasteiger partial charge in [-0.1, -0.05) is 0 Å². The van der Waals surface area contributed by atoms with E-state index in [1.807, 2.05) is 0 Å². The molecule has 0 aliphatic carbocycles. The van der Waals surface area contributed by atoms with Crippen molar-refractivity contribution >= 4 is 11.6 Å². The van der Waals surface area contributed by atoms with E-state index in [0.717, 1.165) is 6.42 Å². The summed E-state index contributed by atoms with van der Waals surface area (Å²) in [5.41, 5.74) is 7.47. The Hall–Kier alpha value is -3.75. The number of nitrogens with two attached hydrogens (primary N) is 1. The van der Waals surface area contributed by atoms with Gasteiger partial charge < -0.3 is 15.8 Å². The number of nitrogens with zero attached hydrogens (tertiary/aromatic N) is 4. The van der Waals surface area contributed by atoms with Crippen molar-refractivity contribution in [1.29, 1.82) is 0 Å². The summed E-state index contributed by atoms with van der Waals surface area (Å²) in [5.74, 6) is 0.584. The van der Waals surface area contributed by atoms with Crippen molar-refractivity contribution in [3.05, 3.63) is 64.6 Å². The number of nitrogen functional groups attached to an aromatic ring is 1. The highest BCUT2D eigenvalue weighted by atomic mass is 16.5. The number of nitrogens with one attached hydrogen (secondary N) is 1. The smallest absolute Gasteiger partial charge is 0.255 e. The van der Waals surface area contributed by atoms with Crippen LogP contribution in [0.4, 0.5) is 5.69 Å². The second-order valence-electron chi connectivity index (χ2n) is 6.71. The fourth-order valence-electron chi connectivity index (χ4n) is 3.44. The van der Waals surface area contributed by atoms with E-state index in [2.05, 4.69) is 20.3 Å². The molecule has 0 radical (unpaired) electrons. The molecule has 2 aromatic heterocycles. The number of benzene rings is 1. The van der Waals surface area contributed by atoms with Crippen molar-refractivity contribution < 1.29 is 9.53 Å². The predicted molar refractivity (Wildman–Crippen MR) is 106 cm³/mol. The first-order chi connectivity index (χ1) is 14.1. The Labute approximate surface area is 166 Å². The van der Waals surface area contributed by atoms with Crippen molar-refractivity contribution in [2.24, 2.45) is 0 Å². The average molecular weight is 392 g/mol. The zero-order valence-corrected chi connectivity index (χ0v) is 15.8. The van der Waals surface area contributed by atoms with Crippen molar-refractivity contribution in [2.75, 3.05) is 12.8 Å². The van der Waals surface area contributed by atoms with Gasteiger partial charge in [-0.2, -0.15) is 0 Å². The standard InChI is InChI=1S/C20H20N6O3/c1-29-17-9-12(21)4-5-13(17)20(28)25-15-3-2-8-26-18(27)10-16(24-19(15)26)14-6-7-22-11-23-14/h4-7,9-11,15H,2-3,8,21H2,1H3,(H,25,28). The van der Waals surface area contributed by atoms with Crippen LogP contribution in [-0.4, -0.2) is 32.5 Å². The number of carbonyl (C=O) groups is 1. The van der Waals surface area contributed by atoms with Crippen molar-refractivity contribution in [2.45, 2.75) is 25.4 Å².